The highest BCUT2D eigenvalue weighted by Gasteiger charge is 2.38. The number of rotatable bonds is 7. The second-order valence-corrected chi connectivity index (χ2v) is 11.1. The summed E-state index contributed by atoms with van der Waals surface area (Å²) in [5.41, 5.74) is 0. The molecule has 2 aromatic rings. The Bertz CT molecular complexity index is 948. The van der Waals surface area contributed by atoms with Gasteiger partial charge in [-0.1, -0.05) is 22.9 Å². The zero-order chi connectivity index (χ0) is 19.7. The fourth-order valence-electron chi connectivity index (χ4n) is 3.35. The van der Waals surface area contributed by atoms with Gasteiger partial charge in [0.05, 0.1) is 17.6 Å². The van der Waals surface area contributed by atoms with Gasteiger partial charge in [-0.15, -0.1) is 0 Å². The first-order valence-corrected chi connectivity index (χ1v) is 12.0. The van der Waals surface area contributed by atoms with E-state index in [1.54, 1.807) is 0 Å². The first kappa shape index (κ1) is 19.8. The Labute approximate surface area is 172 Å². The minimum Gasteiger partial charge on any atom is -0.381 e. The van der Waals surface area contributed by atoms with E-state index >= 15 is 0 Å². The molecule has 0 radical (unpaired) electrons. The molecule has 1 saturated heterocycles. The zero-order valence-corrected chi connectivity index (χ0v) is 17.5. The summed E-state index contributed by atoms with van der Waals surface area (Å²) in [5, 5.41) is 7.07. The number of sulfone groups is 1. The molecule has 0 aromatic carbocycles. The van der Waals surface area contributed by atoms with Crippen LogP contribution < -0.4 is 5.32 Å². The second-order valence-electron chi connectivity index (χ2n) is 7.19. The normalized spacial score (nSPS) is 21.4. The molecule has 28 heavy (non-hydrogen) atoms. The molecule has 152 valence electrons. The number of anilines is 1. The van der Waals surface area contributed by atoms with Crippen molar-refractivity contribution in [3.8, 4) is 0 Å². The van der Waals surface area contributed by atoms with E-state index in [1.165, 1.54) is 34.6 Å². The van der Waals surface area contributed by atoms with Gasteiger partial charge in [0, 0.05) is 19.4 Å². The van der Waals surface area contributed by atoms with E-state index in [9.17, 15) is 13.2 Å². The predicted octanol–water partition coefficient (Wildman–Crippen LogP) is 2.93. The highest BCUT2D eigenvalue weighted by Crippen LogP contribution is 2.34. The highest BCUT2D eigenvalue weighted by atomic mass is 35.5. The molecule has 2 aromatic heterocycles. The summed E-state index contributed by atoms with van der Waals surface area (Å²) in [5.74, 6) is -0.0906. The molecule has 1 saturated carbocycles. The molecular weight excluding hydrogens is 424 g/mol. The van der Waals surface area contributed by atoms with Gasteiger partial charge in [-0.2, -0.15) is 5.10 Å². The van der Waals surface area contributed by atoms with Crippen LogP contribution in [-0.2, 0) is 19.4 Å². The van der Waals surface area contributed by atoms with Crippen LogP contribution in [0.1, 0.15) is 38.1 Å². The minimum atomic E-state index is -3.36. The third-order valence-electron chi connectivity index (χ3n) is 5.01. The Morgan fingerprint density at radius 3 is 2.86 bits per heavy atom. The summed E-state index contributed by atoms with van der Waals surface area (Å²) in [4.78, 5) is 17.2. The van der Waals surface area contributed by atoms with E-state index in [0.29, 0.717) is 35.3 Å². The molecule has 0 spiro atoms. The smallest absolute Gasteiger partial charge is 0.251 e. The van der Waals surface area contributed by atoms with Gasteiger partial charge in [-0.05, 0) is 38.0 Å². The summed E-state index contributed by atoms with van der Waals surface area (Å²) in [6, 6.07) is -0.655. The Morgan fingerprint density at radius 1 is 1.39 bits per heavy atom. The van der Waals surface area contributed by atoms with Crippen molar-refractivity contribution < 1.29 is 17.9 Å². The van der Waals surface area contributed by atoms with E-state index in [1.807, 2.05) is 0 Å². The van der Waals surface area contributed by atoms with Crippen molar-refractivity contribution in [1.29, 1.82) is 0 Å². The number of carbonyl (C=O) groups excluding carboxylic acids is 1. The van der Waals surface area contributed by atoms with Crippen molar-refractivity contribution in [2.45, 2.75) is 48.3 Å². The fraction of sp³-hybridized carbons (Fsp3) is 0.588. The lowest BCUT2D eigenvalue weighted by atomic mass is 9.94. The van der Waals surface area contributed by atoms with E-state index in [0.717, 1.165) is 19.4 Å². The summed E-state index contributed by atoms with van der Waals surface area (Å²) >= 11 is 7.06. The molecule has 1 aliphatic heterocycles. The molecular formula is C17H21ClN4O4S2. The van der Waals surface area contributed by atoms with Gasteiger partial charge < -0.3 is 10.1 Å². The Hall–Kier alpha value is -1.49. The lowest BCUT2D eigenvalue weighted by Crippen LogP contribution is -2.30. The number of hydrogen-bond donors (Lipinski definition) is 1. The second kappa shape index (κ2) is 8.10. The van der Waals surface area contributed by atoms with E-state index in [-0.39, 0.29) is 22.0 Å². The number of aromatic nitrogens is 3. The third kappa shape index (κ3) is 4.40. The predicted molar refractivity (Wildman–Crippen MR) is 105 cm³/mol. The summed E-state index contributed by atoms with van der Waals surface area (Å²) in [6.45, 7) is 1.32. The number of amides is 1. The molecule has 2 aliphatic rings. The van der Waals surface area contributed by atoms with Crippen molar-refractivity contribution in [1.82, 2.24) is 14.8 Å². The number of nitrogens with zero attached hydrogens (tertiary/aromatic N) is 3. The van der Waals surface area contributed by atoms with Gasteiger partial charge in [-0.3, -0.25) is 9.48 Å². The molecule has 1 N–H and O–H groups in total. The molecule has 0 bridgehead atoms. The van der Waals surface area contributed by atoms with Crippen LogP contribution in [0.15, 0.2) is 23.5 Å². The summed E-state index contributed by atoms with van der Waals surface area (Å²) < 4.78 is 32.4. The first-order chi connectivity index (χ1) is 13.4. The number of thiazole rings is 1. The van der Waals surface area contributed by atoms with E-state index in [4.69, 9.17) is 16.3 Å². The lowest BCUT2D eigenvalue weighted by Gasteiger charge is -2.26. The van der Waals surface area contributed by atoms with Crippen LogP contribution in [0.2, 0.25) is 4.34 Å². The molecule has 1 amide bonds. The maximum absolute atomic E-state index is 13.0. The van der Waals surface area contributed by atoms with Crippen molar-refractivity contribution in [2.24, 2.45) is 5.92 Å². The van der Waals surface area contributed by atoms with E-state index < -0.39 is 15.9 Å². The standard InChI is InChI=1S/C17H21ClN4O4S2/c18-15-8-19-17(27-15)21-16(23)14(6-11-2-1-5-26-10-11)22-9-13(7-20-22)28(24,25)12-3-4-12/h7-9,11-12,14H,1-6,10H2,(H,19,21,23). The van der Waals surface area contributed by atoms with Crippen LogP contribution in [0.25, 0.3) is 0 Å². The molecule has 2 unspecified atom stereocenters. The van der Waals surface area contributed by atoms with Gasteiger partial charge >= 0.3 is 0 Å². The molecule has 11 heteroatoms. The molecule has 2 atom stereocenters. The van der Waals surface area contributed by atoms with Crippen molar-refractivity contribution >= 4 is 43.8 Å². The van der Waals surface area contributed by atoms with Crippen LogP contribution in [0.5, 0.6) is 0 Å². The largest absolute Gasteiger partial charge is 0.381 e. The van der Waals surface area contributed by atoms with Crippen molar-refractivity contribution in [3.63, 3.8) is 0 Å². The molecule has 8 nitrogen and oxygen atoms in total. The fourth-order valence-corrected chi connectivity index (χ4v) is 5.76. The lowest BCUT2D eigenvalue weighted by molar-refractivity contribution is -0.120. The minimum absolute atomic E-state index is 0.171. The van der Waals surface area contributed by atoms with Crippen LogP contribution >= 0.6 is 22.9 Å². The average molecular weight is 445 g/mol. The SMILES string of the molecule is O=C(Nc1ncc(Cl)s1)C(CC1CCCOC1)n1cc(S(=O)(=O)C2CC2)cn1. The molecule has 3 heterocycles. The first-order valence-electron chi connectivity index (χ1n) is 9.21. The van der Waals surface area contributed by atoms with Gasteiger partial charge in [0.25, 0.3) is 5.91 Å². The van der Waals surface area contributed by atoms with Crippen LogP contribution in [-0.4, -0.2) is 47.6 Å². The topological polar surface area (TPSA) is 103 Å². The maximum Gasteiger partial charge on any atom is 0.251 e. The van der Waals surface area contributed by atoms with Gasteiger partial charge in [0.15, 0.2) is 15.0 Å². The summed E-state index contributed by atoms with van der Waals surface area (Å²) in [7, 11) is -3.36. The molecule has 4 rings (SSSR count). The molecule has 2 fully saturated rings. The number of ether oxygens (including phenoxy) is 1. The number of hydrogen-bond acceptors (Lipinski definition) is 7. The Balaban J connectivity index is 1.56. The monoisotopic (exact) mass is 444 g/mol. The zero-order valence-electron chi connectivity index (χ0n) is 15.1. The number of carbonyl (C=O) groups is 1. The Kier molecular flexibility index (Phi) is 5.73. The van der Waals surface area contributed by atoms with Crippen molar-refractivity contribution in [2.75, 3.05) is 18.5 Å². The van der Waals surface area contributed by atoms with Crippen LogP contribution in [0.3, 0.4) is 0 Å². The number of halogens is 1. The average Bonchev–Trinajstić information content (AvgIpc) is 3.30. The van der Waals surface area contributed by atoms with Gasteiger partial charge in [0.1, 0.15) is 15.3 Å². The third-order valence-corrected chi connectivity index (χ3v) is 8.26. The van der Waals surface area contributed by atoms with Crippen molar-refractivity contribution in [3.05, 3.63) is 22.9 Å². The molecule has 1 aliphatic carbocycles. The van der Waals surface area contributed by atoms with Gasteiger partial charge in [-0.25, -0.2) is 13.4 Å². The van der Waals surface area contributed by atoms with Gasteiger partial charge in [0.2, 0.25) is 0 Å². The van der Waals surface area contributed by atoms with Crippen LogP contribution in [0, 0.1) is 5.92 Å². The maximum atomic E-state index is 13.0. The quantitative estimate of drug-likeness (QED) is 0.704. The van der Waals surface area contributed by atoms with E-state index in [2.05, 4.69) is 15.4 Å². The number of nitrogens with one attached hydrogen (secondary N) is 1. The Morgan fingerprint density at radius 2 is 2.21 bits per heavy atom. The summed E-state index contributed by atoms with van der Waals surface area (Å²) in [6.07, 6.45) is 8.06. The highest BCUT2D eigenvalue weighted by molar-refractivity contribution is 7.92. The van der Waals surface area contributed by atoms with Crippen LogP contribution in [0.4, 0.5) is 5.13 Å².